The van der Waals surface area contributed by atoms with Gasteiger partial charge in [0.25, 0.3) is 0 Å². The normalized spacial score (nSPS) is 24.3. The highest BCUT2D eigenvalue weighted by molar-refractivity contribution is 8.14. The number of nitrogens with zero attached hydrogens (tertiary/aromatic N) is 1. The Morgan fingerprint density at radius 2 is 1.78 bits per heavy atom. The quantitative estimate of drug-likeness (QED) is 0.775. The third-order valence-corrected chi connectivity index (χ3v) is 6.78. The van der Waals surface area contributed by atoms with Crippen LogP contribution in [0.2, 0.25) is 0 Å². The van der Waals surface area contributed by atoms with Crippen molar-refractivity contribution in [3.63, 3.8) is 0 Å². The highest BCUT2D eigenvalue weighted by Crippen LogP contribution is 2.42. The predicted molar refractivity (Wildman–Crippen MR) is 86.0 cm³/mol. The SMILES string of the molecule is O=C1CC(S(=O)(=O)Cl)CN1C(c1ccc(F)cc1)C1CCCC1. The molecular weight excluding hydrogens is 341 g/mol. The second-order valence-corrected chi connectivity index (χ2v) is 9.30. The van der Waals surface area contributed by atoms with Gasteiger partial charge >= 0.3 is 0 Å². The summed E-state index contributed by atoms with van der Waals surface area (Å²) in [6.07, 6.45) is 4.10. The van der Waals surface area contributed by atoms with Gasteiger partial charge in [0.1, 0.15) is 11.1 Å². The van der Waals surface area contributed by atoms with Crippen molar-refractivity contribution in [2.24, 2.45) is 5.92 Å². The molecule has 1 aliphatic heterocycles. The maximum Gasteiger partial charge on any atom is 0.237 e. The van der Waals surface area contributed by atoms with Gasteiger partial charge < -0.3 is 4.90 Å². The van der Waals surface area contributed by atoms with Crippen molar-refractivity contribution in [1.29, 1.82) is 0 Å². The number of carbonyl (C=O) groups is 1. The van der Waals surface area contributed by atoms with E-state index >= 15 is 0 Å². The van der Waals surface area contributed by atoms with Gasteiger partial charge in [0.2, 0.25) is 15.0 Å². The maximum atomic E-state index is 13.2. The highest BCUT2D eigenvalue weighted by atomic mass is 35.7. The van der Waals surface area contributed by atoms with Crippen molar-refractivity contribution in [3.8, 4) is 0 Å². The van der Waals surface area contributed by atoms with Crippen molar-refractivity contribution in [2.45, 2.75) is 43.4 Å². The molecule has 2 aliphatic rings. The van der Waals surface area contributed by atoms with Crippen LogP contribution in [0.5, 0.6) is 0 Å². The van der Waals surface area contributed by atoms with Crippen LogP contribution < -0.4 is 0 Å². The summed E-state index contributed by atoms with van der Waals surface area (Å²) in [6.45, 7) is 0.114. The minimum absolute atomic E-state index is 0.0732. The van der Waals surface area contributed by atoms with Gasteiger partial charge in [-0.15, -0.1) is 0 Å². The Morgan fingerprint density at radius 3 is 2.30 bits per heavy atom. The second kappa shape index (κ2) is 6.40. The van der Waals surface area contributed by atoms with Crippen LogP contribution in [0.4, 0.5) is 4.39 Å². The molecule has 126 valence electrons. The molecule has 4 nitrogen and oxygen atoms in total. The van der Waals surface area contributed by atoms with Crippen molar-refractivity contribution >= 4 is 25.6 Å². The molecule has 2 atom stereocenters. The van der Waals surface area contributed by atoms with E-state index < -0.39 is 14.3 Å². The lowest BCUT2D eigenvalue weighted by atomic mass is 9.90. The Kier molecular flexibility index (Phi) is 4.65. The lowest BCUT2D eigenvalue weighted by molar-refractivity contribution is -0.130. The van der Waals surface area contributed by atoms with E-state index in [1.165, 1.54) is 12.1 Å². The van der Waals surface area contributed by atoms with Crippen LogP contribution >= 0.6 is 10.7 Å². The first-order valence-electron chi connectivity index (χ1n) is 7.84. The Bertz CT molecular complexity index is 686. The number of likely N-dealkylation sites (tertiary alicyclic amines) is 1. The van der Waals surface area contributed by atoms with Gasteiger partial charge in [-0.1, -0.05) is 25.0 Å². The largest absolute Gasteiger partial charge is 0.334 e. The zero-order valence-corrected chi connectivity index (χ0v) is 14.2. The van der Waals surface area contributed by atoms with Gasteiger partial charge in [-0.3, -0.25) is 4.79 Å². The smallest absolute Gasteiger partial charge is 0.237 e. The molecule has 1 aromatic rings. The molecule has 0 bridgehead atoms. The number of carbonyl (C=O) groups excluding carboxylic acids is 1. The first-order valence-corrected chi connectivity index (χ1v) is 10.2. The van der Waals surface area contributed by atoms with E-state index in [-0.39, 0.29) is 36.6 Å². The molecule has 1 saturated heterocycles. The number of benzene rings is 1. The van der Waals surface area contributed by atoms with Crippen LogP contribution in [0.15, 0.2) is 24.3 Å². The summed E-state index contributed by atoms with van der Waals surface area (Å²) in [6, 6.07) is 5.94. The van der Waals surface area contributed by atoms with Crippen LogP contribution in [0.3, 0.4) is 0 Å². The summed E-state index contributed by atoms with van der Waals surface area (Å²) in [7, 11) is 1.68. The van der Waals surface area contributed by atoms with E-state index in [0.29, 0.717) is 0 Å². The Morgan fingerprint density at radius 1 is 1.17 bits per heavy atom. The number of halogens is 2. The molecule has 2 unspecified atom stereocenters. The fourth-order valence-corrected chi connectivity index (χ4v) is 4.83. The maximum absolute atomic E-state index is 13.2. The average molecular weight is 360 g/mol. The fourth-order valence-electron chi connectivity index (χ4n) is 3.79. The minimum Gasteiger partial charge on any atom is -0.334 e. The molecule has 1 saturated carbocycles. The Hall–Kier alpha value is -1.14. The van der Waals surface area contributed by atoms with E-state index in [9.17, 15) is 17.6 Å². The van der Waals surface area contributed by atoms with Crippen LogP contribution in [-0.4, -0.2) is 31.0 Å². The molecule has 23 heavy (non-hydrogen) atoms. The molecule has 3 rings (SSSR count). The Balaban J connectivity index is 1.92. The van der Waals surface area contributed by atoms with E-state index in [2.05, 4.69) is 0 Å². The summed E-state index contributed by atoms with van der Waals surface area (Å²) in [5.74, 6) is -0.241. The fraction of sp³-hybridized carbons (Fsp3) is 0.562. The molecule has 0 radical (unpaired) electrons. The summed E-state index contributed by atoms with van der Waals surface area (Å²) < 4.78 is 36.4. The number of hydrogen-bond donors (Lipinski definition) is 0. The molecule has 1 amide bonds. The van der Waals surface area contributed by atoms with Crippen LogP contribution in [0.25, 0.3) is 0 Å². The average Bonchev–Trinajstić information content (AvgIpc) is 3.12. The topological polar surface area (TPSA) is 54.5 Å². The number of amides is 1. The van der Waals surface area contributed by atoms with E-state index in [4.69, 9.17) is 10.7 Å². The molecular formula is C16H19ClFNO3S. The summed E-state index contributed by atoms with van der Waals surface area (Å²) >= 11 is 0. The first-order chi connectivity index (χ1) is 10.9. The third-order valence-electron chi connectivity index (χ3n) is 4.91. The highest BCUT2D eigenvalue weighted by Gasteiger charge is 2.43. The number of rotatable bonds is 4. The lowest BCUT2D eigenvalue weighted by Crippen LogP contribution is -2.35. The number of hydrogen-bond acceptors (Lipinski definition) is 3. The standard InChI is InChI=1S/C16H19ClFNO3S/c17-23(21,22)14-9-15(20)19(10-14)16(11-3-1-2-4-11)12-5-7-13(18)8-6-12/h5-8,11,14,16H,1-4,9-10H2. The predicted octanol–water partition coefficient (Wildman–Crippen LogP) is 3.23. The molecule has 1 aliphatic carbocycles. The monoisotopic (exact) mass is 359 g/mol. The van der Waals surface area contributed by atoms with Gasteiger partial charge in [0.15, 0.2) is 0 Å². The lowest BCUT2D eigenvalue weighted by Gasteiger charge is -2.33. The molecule has 7 heteroatoms. The first kappa shape index (κ1) is 16.7. The summed E-state index contributed by atoms with van der Waals surface area (Å²) in [4.78, 5) is 14.0. The van der Waals surface area contributed by atoms with Gasteiger partial charge in [-0.05, 0) is 36.5 Å². The molecule has 1 aromatic carbocycles. The Labute approximate surface area is 140 Å². The van der Waals surface area contributed by atoms with Crippen LogP contribution in [0.1, 0.15) is 43.7 Å². The van der Waals surface area contributed by atoms with Crippen molar-refractivity contribution in [1.82, 2.24) is 4.90 Å². The summed E-state index contributed by atoms with van der Waals surface area (Å²) in [5, 5.41) is -0.860. The third kappa shape index (κ3) is 3.53. The van der Waals surface area contributed by atoms with Gasteiger partial charge in [0, 0.05) is 23.6 Å². The van der Waals surface area contributed by atoms with E-state index in [1.807, 2.05) is 0 Å². The van der Waals surface area contributed by atoms with Crippen molar-refractivity contribution in [2.75, 3.05) is 6.54 Å². The second-order valence-electron chi connectivity index (χ2n) is 6.39. The molecule has 0 N–H and O–H groups in total. The van der Waals surface area contributed by atoms with Crippen molar-refractivity contribution < 1.29 is 17.6 Å². The van der Waals surface area contributed by atoms with Gasteiger partial charge in [0.05, 0.1) is 6.04 Å². The summed E-state index contributed by atoms with van der Waals surface area (Å²) in [5.41, 5.74) is 0.860. The molecule has 2 fully saturated rings. The van der Waals surface area contributed by atoms with Crippen LogP contribution in [0, 0.1) is 11.7 Å². The van der Waals surface area contributed by atoms with Crippen LogP contribution in [-0.2, 0) is 13.8 Å². The van der Waals surface area contributed by atoms with E-state index in [0.717, 1.165) is 31.2 Å². The molecule has 1 heterocycles. The minimum atomic E-state index is -3.76. The zero-order valence-electron chi connectivity index (χ0n) is 12.6. The molecule has 0 spiro atoms. The van der Waals surface area contributed by atoms with Gasteiger partial charge in [-0.2, -0.15) is 0 Å². The van der Waals surface area contributed by atoms with E-state index in [1.54, 1.807) is 17.0 Å². The van der Waals surface area contributed by atoms with Gasteiger partial charge in [-0.25, -0.2) is 12.8 Å². The van der Waals surface area contributed by atoms with Crippen molar-refractivity contribution in [3.05, 3.63) is 35.6 Å². The zero-order chi connectivity index (χ0) is 16.6. The molecule has 0 aromatic heterocycles.